The summed E-state index contributed by atoms with van der Waals surface area (Å²) in [5.74, 6) is -0.0246. The lowest BCUT2D eigenvalue weighted by Crippen LogP contribution is -2.28. The van der Waals surface area contributed by atoms with Gasteiger partial charge in [-0.3, -0.25) is 9.59 Å². The highest BCUT2D eigenvalue weighted by Gasteiger charge is 2.27. The van der Waals surface area contributed by atoms with Gasteiger partial charge in [-0.1, -0.05) is 44.0 Å². The van der Waals surface area contributed by atoms with Crippen LogP contribution >= 0.6 is 0 Å². The van der Waals surface area contributed by atoms with Crippen LogP contribution in [0.1, 0.15) is 77.0 Å². The lowest BCUT2D eigenvalue weighted by atomic mass is 10.1. The first kappa shape index (κ1) is 20.1. The molecule has 0 unspecified atom stereocenters. The largest absolute Gasteiger partial charge is 0.349 e. The van der Waals surface area contributed by atoms with Crippen LogP contribution in [-0.2, 0) is 19.5 Å². The maximum absolute atomic E-state index is 12.8. The zero-order valence-electron chi connectivity index (χ0n) is 16.9. The van der Waals surface area contributed by atoms with Crippen molar-refractivity contribution >= 4 is 11.8 Å². The molecule has 0 bridgehead atoms. The molecule has 2 N–H and O–H groups in total. The fourth-order valence-electron chi connectivity index (χ4n) is 3.62. The van der Waals surface area contributed by atoms with E-state index in [1.807, 2.05) is 35.8 Å². The van der Waals surface area contributed by atoms with Gasteiger partial charge in [0, 0.05) is 19.6 Å². The Hall–Kier alpha value is -2.63. The van der Waals surface area contributed by atoms with Crippen LogP contribution < -0.4 is 10.6 Å². The van der Waals surface area contributed by atoms with Crippen LogP contribution in [0.2, 0.25) is 0 Å². The molecule has 2 heterocycles. The van der Waals surface area contributed by atoms with Gasteiger partial charge in [-0.2, -0.15) is 0 Å². The van der Waals surface area contributed by atoms with Gasteiger partial charge >= 0.3 is 0 Å². The first-order valence-electron chi connectivity index (χ1n) is 10.3. The first-order chi connectivity index (χ1) is 13.6. The molecule has 1 aromatic carbocycles. The molecule has 0 saturated heterocycles. The van der Waals surface area contributed by atoms with Crippen molar-refractivity contribution in [3.8, 4) is 0 Å². The molecule has 6 nitrogen and oxygen atoms in total. The normalized spacial score (nSPS) is 13.1. The van der Waals surface area contributed by atoms with Crippen LogP contribution in [0.4, 0.5) is 0 Å². The van der Waals surface area contributed by atoms with Gasteiger partial charge < -0.3 is 15.2 Å². The standard InChI is InChI=1S/C22H30N4O2/c1-3-4-8-13-23-22(28)20-25-19(18-12-7-9-14-26(18)20)21(27)24-15-17-11-6-5-10-16(17)2/h5-6,10-11H,3-4,7-9,12-15H2,1-2H3,(H,23,28)(H,24,27). The van der Waals surface area contributed by atoms with Gasteiger partial charge in [0.25, 0.3) is 11.8 Å². The van der Waals surface area contributed by atoms with E-state index in [1.54, 1.807) is 0 Å². The monoisotopic (exact) mass is 382 g/mol. The fourth-order valence-corrected chi connectivity index (χ4v) is 3.62. The van der Waals surface area contributed by atoms with E-state index in [0.717, 1.165) is 61.9 Å². The number of carbonyl (C=O) groups is 2. The van der Waals surface area contributed by atoms with Crippen molar-refractivity contribution < 1.29 is 9.59 Å². The Bertz CT molecular complexity index is 841. The second-order valence-corrected chi connectivity index (χ2v) is 7.41. The van der Waals surface area contributed by atoms with Crippen LogP contribution in [0.3, 0.4) is 0 Å². The summed E-state index contributed by atoms with van der Waals surface area (Å²) >= 11 is 0. The van der Waals surface area contributed by atoms with Gasteiger partial charge in [0.05, 0.1) is 5.69 Å². The van der Waals surface area contributed by atoms with E-state index in [2.05, 4.69) is 22.5 Å². The SMILES string of the molecule is CCCCCNC(=O)c1nc(C(=O)NCc2ccccc2C)c2n1CCCC2. The van der Waals surface area contributed by atoms with E-state index in [0.29, 0.717) is 24.6 Å². The van der Waals surface area contributed by atoms with Crippen molar-refractivity contribution in [1.82, 2.24) is 20.2 Å². The smallest absolute Gasteiger partial charge is 0.287 e. The molecule has 28 heavy (non-hydrogen) atoms. The number of amides is 2. The summed E-state index contributed by atoms with van der Waals surface area (Å²) in [7, 11) is 0. The number of nitrogens with zero attached hydrogens (tertiary/aromatic N) is 2. The van der Waals surface area contributed by atoms with E-state index in [-0.39, 0.29) is 11.8 Å². The van der Waals surface area contributed by atoms with Gasteiger partial charge in [-0.25, -0.2) is 4.98 Å². The molecule has 1 aliphatic rings. The predicted molar refractivity (Wildman–Crippen MR) is 109 cm³/mol. The highest BCUT2D eigenvalue weighted by atomic mass is 16.2. The molecule has 6 heteroatoms. The third-order valence-corrected chi connectivity index (χ3v) is 5.30. The van der Waals surface area contributed by atoms with Crippen molar-refractivity contribution in [1.29, 1.82) is 0 Å². The van der Waals surface area contributed by atoms with Gasteiger partial charge in [0.1, 0.15) is 5.69 Å². The molecule has 0 radical (unpaired) electrons. The molecular weight excluding hydrogens is 352 g/mol. The summed E-state index contributed by atoms with van der Waals surface area (Å²) in [5, 5.41) is 5.92. The summed E-state index contributed by atoms with van der Waals surface area (Å²) in [6.45, 7) is 6.00. The van der Waals surface area contributed by atoms with Crippen molar-refractivity contribution in [2.24, 2.45) is 0 Å². The van der Waals surface area contributed by atoms with Gasteiger partial charge in [0.2, 0.25) is 0 Å². The molecule has 150 valence electrons. The van der Waals surface area contributed by atoms with Crippen LogP contribution in [0.5, 0.6) is 0 Å². The molecule has 0 saturated carbocycles. The van der Waals surface area contributed by atoms with Crippen LogP contribution in [0.25, 0.3) is 0 Å². The Labute approximate surface area is 166 Å². The Balaban J connectivity index is 1.73. The molecule has 1 aromatic heterocycles. The maximum Gasteiger partial charge on any atom is 0.287 e. The second kappa shape index (κ2) is 9.53. The second-order valence-electron chi connectivity index (χ2n) is 7.41. The summed E-state index contributed by atoms with van der Waals surface area (Å²) < 4.78 is 1.93. The number of unbranched alkanes of at least 4 members (excludes halogenated alkanes) is 2. The van der Waals surface area contributed by atoms with Gasteiger partial charge in [0.15, 0.2) is 5.82 Å². The average Bonchev–Trinajstić information content (AvgIpc) is 3.10. The molecule has 2 amide bonds. The first-order valence-corrected chi connectivity index (χ1v) is 10.3. The Morgan fingerprint density at radius 2 is 1.93 bits per heavy atom. The maximum atomic E-state index is 12.8. The molecule has 2 aromatic rings. The van der Waals surface area contributed by atoms with E-state index in [1.165, 1.54) is 0 Å². The van der Waals surface area contributed by atoms with Crippen molar-refractivity contribution in [3.05, 3.63) is 52.6 Å². The minimum Gasteiger partial charge on any atom is -0.349 e. The predicted octanol–water partition coefficient (Wildman–Crippen LogP) is 3.38. The summed E-state index contributed by atoms with van der Waals surface area (Å²) in [4.78, 5) is 29.9. The van der Waals surface area contributed by atoms with Crippen LogP contribution in [-0.4, -0.2) is 27.9 Å². The minimum absolute atomic E-state index is 0.183. The number of hydrogen-bond donors (Lipinski definition) is 2. The zero-order chi connectivity index (χ0) is 19.9. The lowest BCUT2D eigenvalue weighted by molar-refractivity contribution is 0.0937. The molecule has 3 rings (SSSR count). The zero-order valence-corrected chi connectivity index (χ0v) is 16.9. The summed E-state index contributed by atoms with van der Waals surface area (Å²) in [6, 6.07) is 7.99. The molecule has 0 fully saturated rings. The van der Waals surface area contributed by atoms with E-state index >= 15 is 0 Å². The third-order valence-electron chi connectivity index (χ3n) is 5.30. The highest BCUT2D eigenvalue weighted by molar-refractivity contribution is 5.97. The number of carbonyl (C=O) groups excluding carboxylic acids is 2. The molecule has 0 atom stereocenters. The van der Waals surface area contributed by atoms with Crippen molar-refractivity contribution in [2.75, 3.05) is 6.54 Å². The highest BCUT2D eigenvalue weighted by Crippen LogP contribution is 2.21. The number of aryl methyl sites for hydroxylation is 1. The molecule has 0 spiro atoms. The van der Waals surface area contributed by atoms with E-state index in [9.17, 15) is 9.59 Å². The molecular formula is C22H30N4O2. The van der Waals surface area contributed by atoms with Gasteiger partial charge in [-0.05, 0) is 43.7 Å². The number of rotatable bonds is 8. The molecule has 0 aliphatic carbocycles. The quantitative estimate of drug-likeness (QED) is 0.687. The summed E-state index contributed by atoms with van der Waals surface area (Å²) in [6.07, 6.45) is 5.96. The van der Waals surface area contributed by atoms with E-state index < -0.39 is 0 Å². The molecule has 1 aliphatic heterocycles. The topological polar surface area (TPSA) is 76.0 Å². The number of aromatic nitrogens is 2. The third kappa shape index (κ3) is 4.61. The number of hydrogen-bond acceptors (Lipinski definition) is 3. The van der Waals surface area contributed by atoms with Crippen LogP contribution in [0.15, 0.2) is 24.3 Å². The van der Waals surface area contributed by atoms with Gasteiger partial charge in [-0.15, -0.1) is 0 Å². The Morgan fingerprint density at radius 1 is 1.11 bits per heavy atom. The lowest BCUT2D eigenvalue weighted by Gasteiger charge is -2.17. The number of nitrogens with one attached hydrogen (secondary N) is 2. The number of imidazole rings is 1. The van der Waals surface area contributed by atoms with Crippen molar-refractivity contribution in [2.45, 2.75) is 65.5 Å². The number of benzene rings is 1. The minimum atomic E-state index is -0.209. The Morgan fingerprint density at radius 3 is 2.71 bits per heavy atom. The van der Waals surface area contributed by atoms with Crippen molar-refractivity contribution in [3.63, 3.8) is 0 Å². The number of fused-ring (bicyclic) bond motifs is 1. The van der Waals surface area contributed by atoms with Crippen LogP contribution in [0, 0.1) is 6.92 Å². The fraction of sp³-hybridized carbons (Fsp3) is 0.500. The Kier molecular flexibility index (Phi) is 6.85. The average molecular weight is 383 g/mol. The summed E-state index contributed by atoms with van der Waals surface area (Å²) in [5.41, 5.74) is 3.50. The van der Waals surface area contributed by atoms with E-state index in [4.69, 9.17) is 0 Å².